The van der Waals surface area contributed by atoms with Crippen molar-refractivity contribution >= 4 is 5.91 Å². The monoisotopic (exact) mass is 297 g/mol. The van der Waals surface area contributed by atoms with E-state index in [2.05, 4.69) is 17.3 Å². The summed E-state index contributed by atoms with van der Waals surface area (Å²) in [7, 11) is 0. The second kappa shape index (κ2) is 6.77. The highest BCUT2D eigenvalue weighted by Gasteiger charge is 2.26. The third-order valence-corrected chi connectivity index (χ3v) is 4.21. The first-order chi connectivity index (χ1) is 10.8. The van der Waals surface area contributed by atoms with Gasteiger partial charge in [-0.05, 0) is 37.8 Å². The molecule has 116 valence electrons. The van der Waals surface area contributed by atoms with E-state index in [0.29, 0.717) is 5.69 Å². The van der Waals surface area contributed by atoms with Crippen molar-refractivity contribution in [2.45, 2.75) is 45.4 Å². The molecule has 0 saturated carbocycles. The van der Waals surface area contributed by atoms with Crippen LogP contribution in [0.1, 0.15) is 54.4 Å². The number of rotatable bonds is 6. The van der Waals surface area contributed by atoms with E-state index in [0.717, 1.165) is 56.3 Å². The second-order valence-corrected chi connectivity index (χ2v) is 5.84. The third-order valence-electron chi connectivity index (χ3n) is 4.21. The SMILES string of the molecule is CCCCCNC(=O)c1nn(-c2ccccc2)c2c1CCC2. The summed E-state index contributed by atoms with van der Waals surface area (Å²) in [6.07, 6.45) is 6.41. The number of nitrogens with zero attached hydrogens (tertiary/aromatic N) is 2. The van der Waals surface area contributed by atoms with E-state index < -0.39 is 0 Å². The number of carbonyl (C=O) groups is 1. The topological polar surface area (TPSA) is 46.9 Å². The number of nitrogens with one attached hydrogen (secondary N) is 1. The molecule has 0 bridgehead atoms. The quantitative estimate of drug-likeness (QED) is 0.832. The van der Waals surface area contributed by atoms with Gasteiger partial charge in [-0.25, -0.2) is 4.68 Å². The van der Waals surface area contributed by atoms with Gasteiger partial charge in [-0.15, -0.1) is 0 Å². The van der Waals surface area contributed by atoms with Gasteiger partial charge in [0.2, 0.25) is 0 Å². The summed E-state index contributed by atoms with van der Waals surface area (Å²) in [6, 6.07) is 10.1. The lowest BCUT2D eigenvalue weighted by Crippen LogP contribution is -2.25. The van der Waals surface area contributed by atoms with Crippen molar-refractivity contribution in [2.24, 2.45) is 0 Å². The van der Waals surface area contributed by atoms with Gasteiger partial charge in [0.1, 0.15) is 0 Å². The van der Waals surface area contributed by atoms with Crippen LogP contribution in [0.3, 0.4) is 0 Å². The van der Waals surface area contributed by atoms with Gasteiger partial charge < -0.3 is 5.32 Å². The predicted octanol–water partition coefficient (Wildman–Crippen LogP) is 3.28. The van der Waals surface area contributed by atoms with E-state index in [1.165, 1.54) is 5.69 Å². The fraction of sp³-hybridized carbons (Fsp3) is 0.444. The molecular formula is C18H23N3O. The van der Waals surface area contributed by atoms with Gasteiger partial charge in [0.15, 0.2) is 5.69 Å². The van der Waals surface area contributed by atoms with E-state index in [-0.39, 0.29) is 5.91 Å². The van der Waals surface area contributed by atoms with E-state index in [9.17, 15) is 4.79 Å². The molecule has 1 N–H and O–H groups in total. The molecule has 0 aliphatic heterocycles. The Morgan fingerprint density at radius 3 is 2.82 bits per heavy atom. The average molecular weight is 297 g/mol. The maximum Gasteiger partial charge on any atom is 0.272 e. The highest BCUT2D eigenvalue weighted by Crippen LogP contribution is 2.27. The Kier molecular flexibility index (Phi) is 4.56. The summed E-state index contributed by atoms with van der Waals surface area (Å²) in [6.45, 7) is 2.90. The molecule has 4 heteroatoms. The number of fused-ring (bicyclic) bond motifs is 1. The summed E-state index contributed by atoms with van der Waals surface area (Å²) in [5.41, 5.74) is 3.99. The summed E-state index contributed by atoms with van der Waals surface area (Å²) >= 11 is 0. The minimum Gasteiger partial charge on any atom is -0.351 e. The maximum atomic E-state index is 12.4. The van der Waals surface area contributed by atoms with Crippen LogP contribution in [0.5, 0.6) is 0 Å². The van der Waals surface area contributed by atoms with Crippen LogP contribution in [-0.2, 0) is 12.8 Å². The average Bonchev–Trinajstić information content (AvgIpc) is 3.14. The molecule has 0 unspecified atom stereocenters. The van der Waals surface area contributed by atoms with Gasteiger partial charge in [0.25, 0.3) is 5.91 Å². The zero-order valence-corrected chi connectivity index (χ0v) is 13.1. The van der Waals surface area contributed by atoms with Gasteiger partial charge in [0, 0.05) is 17.8 Å². The standard InChI is InChI=1S/C18H23N3O/c1-2-3-7-13-19-18(22)17-15-11-8-12-16(15)21(20-17)14-9-5-4-6-10-14/h4-6,9-10H,2-3,7-8,11-13H2,1H3,(H,19,22). The van der Waals surface area contributed by atoms with E-state index in [4.69, 9.17) is 0 Å². The number of amides is 1. The number of benzene rings is 1. The Morgan fingerprint density at radius 1 is 1.23 bits per heavy atom. The van der Waals surface area contributed by atoms with Gasteiger partial charge in [-0.3, -0.25) is 4.79 Å². The van der Waals surface area contributed by atoms with Crippen LogP contribution in [0.4, 0.5) is 0 Å². The first-order valence-corrected chi connectivity index (χ1v) is 8.25. The number of para-hydroxylation sites is 1. The number of hydrogen-bond acceptors (Lipinski definition) is 2. The molecule has 1 heterocycles. The fourth-order valence-electron chi connectivity index (χ4n) is 3.06. The van der Waals surface area contributed by atoms with Gasteiger partial charge in [-0.1, -0.05) is 38.0 Å². The molecule has 0 spiro atoms. The van der Waals surface area contributed by atoms with E-state index in [1.54, 1.807) is 0 Å². The highest BCUT2D eigenvalue weighted by molar-refractivity contribution is 5.94. The van der Waals surface area contributed by atoms with Crippen LogP contribution >= 0.6 is 0 Å². The van der Waals surface area contributed by atoms with Crippen molar-refractivity contribution in [3.05, 3.63) is 47.3 Å². The molecule has 3 rings (SSSR count). The van der Waals surface area contributed by atoms with E-state index >= 15 is 0 Å². The Hall–Kier alpha value is -2.10. The maximum absolute atomic E-state index is 12.4. The lowest BCUT2D eigenvalue weighted by atomic mass is 10.2. The van der Waals surface area contributed by atoms with Crippen LogP contribution < -0.4 is 5.32 Å². The summed E-state index contributed by atoms with van der Waals surface area (Å²) in [5, 5.41) is 7.62. The van der Waals surface area contributed by atoms with Crippen molar-refractivity contribution in [3.8, 4) is 5.69 Å². The molecule has 1 aliphatic rings. The number of unbranched alkanes of at least 4 members (excludes halogenated alkanes) is 2. The summed E-state index contributed by atoms with van der Waals surface area (Å²) in [4.78, 5) is 12.4. The second-order valence-electron chi connectivity index (χ2n) is 5.84. The van der Waals surface area contributed by atoms with Crippen molar-refractivity contribution in [3.63, 3.8) is 0 Å². The zero-order chi connectivity index (χ0) is 15.4. The highest BCUT2D eigenvalue weighted by atomic mass is 16.1. The molecule has 1 amide bonds. The summed E-state index contributed by atoms with van der Waals surface area (Å²) in [5.74, 6) is -0.0241. The number of aromatic nitrogens is 2. The third kappa shape index (κ3) is 2.91. The van der Waals surface area contributed by atoms with Crippen LogP contribution in [0, 0.1) is 0 Å². The van der Waals surface area contributed by atoms with Crippen LogP contribution in [0.25, 0.3) is 5.69 Å². The van der Waals surface area contributed by atoms with Crippen molar-refractivity contribution in [1.82, 2.24) is 15.1 Å². The molecule has 0 radical (unpaired) electrons. The molecule has 1 aromatic carbocycles. The van der Waals surface area contributed by atoms with Gasteiger partial charge in [-0.2, -0.15) is 5.10 Å². The van der Waals surface area contributed by atoms with Crippen molar-refractivity contribution in [1.29, 1.82) is 0 Å². The van der Waals surface area contributed by atoms with Gasteiger partial charge in [0.05, 0.1) is 5.69 Å². The smallest absolute Gasteiger partial charge is 0.272 e. The molecule has 4 nitrogen and oxygen atoms in total. The molecule has 22 heavy (non-hydrogen) atoms. The number of carbonyl (C=O) groups excluding carboxylic acids is 1. The molecule has 1 aliphatic carbocycles. The predicted molar refractivity (Wildman–Crippen MR) is 87.4 cm³/mol. The first kappa shape index (κ1) is 14.8. The Labute approximate surface area is 131 Å². The molecule has 0 saturated heterocycles. The van der Waals surface area contributed by atoms with Crippen molar-refractivity contribution in [2.75, 3.05) is 6.54 Å². The molecular weight excluding hydrogens is 274 g/mol. The molecule has 2 aromatic rings. The van der Waals surface area contributed by atoms with Crippen molar-refractivity contribution < 1.29 is 4.79 Å². The van der Waals surface area contributed by atoms with Crippen LogP contribution in [0.2, 0.25) is 0 Å². The Balaban J connectivity index is 1.82. The van der Waals surface area contributed by atoms with E-state index in [1.807, 2.05) is 35.0 Å². The molecule has 0 fully saturated rings. The first-order valence-electron chi connectivity index (χ1n) is 8.25. The Bertz CT molecular complexity index is 646. The minimum atomic E-state index is -0.0241. The van der Waals surface area contributed by atoms with Gasteiger partial charge >= 0.3 is 0 Å². The minimum absolute atomic E-state index is 0.0241. The Morgan fingerprint density at radius 2 is 2.05 bits per heavy atom. The molecule has 0 atom stereocenters. The van der Waals surface area contributed by atoms with Crippen LogP contribution in [0.15, 0.2) is 30.3 Å². The number of hydrogen-bond donors (Lipinski definition) is 1. The largest absolute Gasteiger partial charge is 0.351 e. The lowest BCUT2D eigenvalue weighted by Gasteiger charge is -2.05. The summed E-state index contributed by atoms with van der Waals surface area (Å²) < 4.78 is 1.95. The molecule has 1 aromatic heterocycles. The normalized spacial score (nSPS) is 13.1. The zero-order valence-electron chi connectivity index (χ0n) is 13.1. The lowest BCUT2D eigenvalue weighted by molar-refractivity contribution is 0.0946. The van der Waals surface area contributed by atoms with Crippen LogP contribution in [-0.4, -0.2) is 22.2 Å². The fourth-order valence-corrected chi connectivity index (χ4v) is 3.06.